The molecule has 0 fully saturated rings. The first-order valence-electron chi connectivity index (χ1n) is 6.97. The Morgan fingerprint density at radius 2 is 1.78 bits per heavy atom. The molecule has 2 aromatic rings. The monoisotopic (exact) mass is 313 g/mol. The molecule has 0 saturated carbocycles. The lowest BCUT2D eigenvalue weighted by atomic mass is 10.1. The van der Waals surface area contributed by atoms with Gasteiger partial charge in [-0.25, -0.2) is 4.39 Å². The standard InChI is InChI=1S/C18H16FNO3/c1-23-18(22)12-17(21)20-16-9-7-13(8-10-16)5-6-14-3-2-4-15(19)11-14/h2-11H,12H2,1H3,(H,20,21)/b6-5+. The van der Waals surface area contributed by atoms with Crippen molar-refractivity contribution in [3.05, 3.63) is 65.5 Å². The fourth-order valence-corrected chi connectivity index (χ4v) is 1.89. The summed E-state index contributed by atoms with van der Waals surface area (Å²) in [5.74, 6) is -1.30. The summed E-state index contributed by atoms with van der Waals surface area (Å²) < 4.78 is 17.5. The Morgan fingerprint density at radius 1 is 1.09 bits per heavy atom. The minimum atomic E-state index is -0.586. The highest BCUT2D eigenvalue weighted by Crippen LogP contribution is 2.13. The van der Waals surface area contributed by atoms with Crippen LogP contribution in [0.4, 0.5) is 10.1 Å². The van der Waals surface area contributed by atoms with Crippen molar-refractivity contribution < 1.29 is 18.7 Å². The van der Waals surface area contributed by atoms with Crippen molar-refractivity contribution in [2.75, 3.05) is 12.4 Å². The Balaban J connectivity index is 1.96. The quantitative estimate of drug-likeness (QED) is 0.522. The molecule has 0 unspecified atom stereocenters. The zero-order valence-corrected chi connectivity index (χ0v) is 12.6. The van der Waals surface area contributed by atoms with Gasteiger partial charge in [-0.3, -0.25) is 9.59 Å². The molecule has 5 heteroatoms. The number of ether oxygens (including phenoxy) is 1. The summed E-state index contributed by atoms with van der Waals surface area (Å²) in [6.45, 7) is 0. The van der Waals surface area contributed by atoms with E-state index in [0.717, 1.165) is 11.1 Å². The molecule has 23 heavy (non-hydrogen) atoms. The maximum atomic E-state index is 13.1. The second kappa shape index (κ2) is 7.89. The van der Waals surface area contributed by atoms with Crippen LogP contribution in [0.1, 0.15) is 17.5 Å². The van der Waals surface area contributed by atoms with E-state index in [9.17, 15) is 14.0 Å². The number of rotatable bonds is 5. The van der Waals surface area contributed by atoms with Gasteiger partial charge in [0.15, 0.2) is 0 Å². The average molecular weight is 313 g/mol. The third-order valence-corrected chi connectivity index (χ3v) is 3.04. The summed E-state index contributed by atoms with van der Waals surface area (Å²) in [7, 11) is 1.23. The second-order valence-electron chi connectivity index (χ2n) is 4.81. The van der Waals surface area contributed by atoms with E-state index in [-0.39, 0.29) is 12.2 Å². The van der Waals surface area contributed by atoms with Crippen LogP contribution in [-0.2, 0) is 14.3 Å². The fourth-order valence-electron chi connectivity index (χ4n) is 1.89. The highest BCUT2D eigenvalue weighted by Gasteiger charge is 2.09. The molecule has 0 spiro atoms. The topological polar surface area (TPSA) is 55.4 Å². The van der Waals surface area contributed by atoms with Gasteiger partial charge in [-0.2, -0.15) is 0 Å². The molecule has 0 aliphatic heterocycles. The van der Waals surface area contributed by atoms with Gasteiger partial charge in [0.2, 0.25) is 5.91 Å². The molecule has 0 aromatic heterocycles. The third kappa shape index (κ3) is 5.39. The molecule has 0 radical (unpaired) electrons. The van der Waals surface area contributed by atoms with E-state index in [1.165, 1.54) is 19.2 Å². The van der Waals surface area contributed by atoms with Crippen molar-refractivity contribution in [2.24, 2.45) is 0 Å². The molecule has 0 heterocycles. The summed E-state index contributed by atoms with van der Waals surface area (Å²) in [6, 6.07) is 13.4. The van der Waals surface area contributed by atoms with Gasteiger partial charge in [0, 0.05) is 5.69 Å². The number of halogens is 1. The molecule has 0 bridgehead atoms. The van der Waals surface area contributed by atoms with Crippen LogP contribution < -0.4 is 5.32 Å². The van der Waals surface area contributed by atoms with Crippen LogP contribution in [-0.4, -0.2) is 19.0 Å². The first kappa shape index (κ1) is 16.4. The second-order valence-corrected chi connectivity index (χ2v) is 4.81. The lowest BCUT2D eigenvalue weighted by Gasteiger charge is -2.04. The summed E-state index contributed by atoms with van der Waals surface area (Å²) >= 11 is 0. The average Bonchev–Trinajstić information content (AvgIpc) is 2.54. The van der Waals surface area contributed by atoms with Gasteiger partial charge in [0.05, 0.1) is 7.11 Å². The normalized spacial score (nSPS) is 10.5. The van der Waals surface area contributed by atoms with Gasteiger partial charge in [0.25, 0.3) is 0 Å². The summed E-state index contributed by atoms with van der Waals surface area (Å²) in [6.07, 6.45) is 3.32. The Hall–Kier alpha value is -2.95. The van der Waals surface area contributed by atoms with E-state index < -0.39 is 11.9 Å². The number of carbonyl (C=O) groups excluding carboxylic acids is 2. The van der Waals surface area contributed by atoms with Crippen LogP contribution in [0.3, 0.4) is 0 Å². The predicted molar refractivity (Wildman–Crippen MR) is 87.0 cm³/mol. The van der Waals surface area contributed by atoms with Crippen molar-refractivity contribution in [1.29, 1.82) is 0 Å². The summed E-state index contributed by atoms with van der Waals surface area (Å²) in [4.78, 5) is 22.5. The number of benzene rings is 2. The van der Waals surface area contributed by atoms with Crippen LogP contribution in [0.5, 0.6) is 0 Å². The molecule has 0 aliphatic carbocycles. The number of methoxy groups -OCH3 is 1. The lowest BCUT2D eigenvalue weighted by Crippen LogP contribution is -2.17. The Kier molecular flexibility index (Phi) is 5.63. The van der Waals surface area contributed by atoms with Crippen molar-refractivity contribution >= 4 is 29.7 Å². The maximum absolute atomic E-state index is 13.1. The molecule has 1 N–H and O–H groups in total. The van der Waals surface area contributed by atoms with E-state index in [1.807, 2.05) is 18.2 Å². The SMILES string of the molecule is COC(=O)CC(=O)Nc1ccc(/C=C/c2cccc(F)c2)cc1. The van der Waals surface area contributed by atoms with Gasteiger partial charge in [-0.05, 0) is 35.4 Å². The summed E-state index contributed by atoms with van der Waals surface area (Å²) in [5, 5.41) is 2.60. The number of amides is 1. The van der Waals surface area contributed by atoms with Crippen molar-refractivity contribution in [2.45, 2.75) is 6.42 Å². The van der Waals surface area contributed by atoms with Crippen LogP contribution in [0, 0.1) is 5.82 Å². The number of esters is 1. The van der Waals surface area contributed by atoms with Crippen LogP contribution in [0.2, 0.25) is 0 Å². The number of nitrogens with one attached hydrogen (secondary N) is 1. The number of hydrogen-bond acceptors (Lipinski definition) is 3. The van der Waals surface area contributed by atoms with Crippen LogP contribution >= 0.6 is 0 Å². The van der Waals surface area contributed by atoms with E-state index >= 15 is 0 Å². The molecular weight excluding hydrogens is 297 g/mol. The molecule has 0 atom stereocenters. The van der Waals surface area contributed by atoms with Gasteiger partial charge < -0.3 is 10.1 Å². The zero-order valence-electron chi connectivity index (χ0n) is 12.6. The van der Waals surface area contributed by atoms with E-state index in [4.69, 9.17) is 0 Å². The van der Waals surface area contributed by atoms with E-state index in [0.29, 0.717) is 5.69 Å². The predicted octanol–water partition coefficient (Wildman–Crippen LogP) is 3.50. The van der Waals surface area contributed by atoms with Crippen molar-refractivity contribution in [3.63, 3.8) is 0 Å². The Labute approximate surface area is 133 Å². The molecule has 2 aromatic carbocycles. The fraction of sp³-hybridized carbons (Fsp3) is 0.111. The van der Waals surface area contributed by atoms with E-state index in [2.05, 4.69) is 10.1 Å². The highest BCUT2D eigenvalue weighted by molar-refractivity contribution is 6.01. The minimum Gasteiger partial charge on any atom is -0.469 e. The first-order valence-corrected chi connectivity index (χ1v) is 6.97. The molecule has 118 valence electrons. The van der Waals surface area contributed by atoms with Gasteiger partial charge >= 0.3 is 5.97 Å². The highest BCUT2D eigenvalue weighted by atomic mass is 19.1. The zero-order chi connectivity index (χ0) is 16.7. The molecular formula is C18H16FNO3. The van der Waals surface area contributed by atoms with E-state index in [1.54, 1.807) is 30.3 Å². The largest absolute Gasteiger partial charge is 0.469 e. The Bertz CT molecular complexity index is 723. The molecule has 1 amide bonds. The van der Waals surface area contributed by atoms with Gasteiger partial charge in [-0.1, -0.05) is 36.4 Å². The number of carbonyl (C=O) groups is 2. The molecule has 0 saturated heterocycles. The third-order valence-electron chi connectivity index (χ3n) is 3.04. The van der Waals surface area contributed by atoms with Crippen LogP contribution in [0.25, 0.3) is 12.2 Å². The van der Waals surface area contributed by atoms with Gasteiger partial charge in [-0.15, -0.1) is 0 Å². The maximum Gasteiger partial charge on any atom is 0.315 e. The first-order chi connectivity index (χ1) is 11.1. The molecule has 2 rings (SSSR count). The Morgan fingerprint density at radius 3 is 2.43 bits per heavy atom. The smallest absolute Gasteiger partial charge is 0.315 e. The molecule has 0 aliphatic rings. The minimum absolute atomic E-state index is 0.282. The van der Waals surface area contributed by atoms with Crippen LogP contribution in [0.15, 0.2) is 48.5 Å². The number of hydrogen-bond donors (Lipinski definition) is 1. The van der Waals surface area contributed by atoms with Crippen molar-refractivity contribution in [3.8, 4) is 0 Å². The number of anilines is 1. The summed E-state index contributed by atoms with van der Waals surface area (Å²) in [5.41, 5.74) is 2.25. The van der Waals surface area contributed by atoms with Crippen molar-refractivity contribution in [1.82, 2.24) is 0 Å². The molecule has 4 nitrogen and oxygen atoms in total. The van der Waals surface area contributed by atoms with Gasteiger partial charge in [0.1, 0.15) is 12.2 Å². The lowest BCUT2D eigenvalue weighted by molar-refractivity contribution is -0.142.